The van der Waals surface area contributed by atoms with Crippen LogP contribution in [0.4, 0.5) is 5.69 Å². The van der Waals surface area contributed by atoms with Gasteiger partial charge in [0.15, 0.2) is 5.11 Å². The molecule has 0 aliphatic carbocycles. The third kappa shape index (κ3) is 5.47. The maximum atomic E-state index is 6.13. The first-order chi connectivity index (χ1) is 10.0. The summed E-state index contributed by atoms with van der Waals surface area (Å²) in [6, 6.07) is 13.4. The Hall–Kier alpha value is -0.810. The molecule has 0 bridgehead atoms. The van der Waals surface area contributed by atoms with Crippen molar-refractivity contribution in [2.75, 3.05) is 11.9 Å². The number of rotatable bonds is 4. The van der Waals surface area contributed by atoms with Crippen LogP contribution in [0.2, 0.25) is 10.0 Å². The van der Waals surface area contributed by atoms with E-state index in [-0.39, 0.29) is 0 Å². The van der Waals surface area contributed by atoms with Gasteiger partial charge in [-0.15, -0.1) is 0 Å². The molecule has 2 aromatic rings. The van der Waals surface area contributed by atoms with Crippen molar-refractivity contribution < 1.29 is 0 Å². The van der Waals surface area contributed by atoms with Crippen molar-refractivity contribution in [2.45, 2.75) is 6.42 Å². The largest absolute Gasteiger partial charge is 0.362 e. The fourth-order valence-corrected chi connectivity index (χ4v) is 2.79. The molecule has 0 heterocycles. The van der Waals surface area contributed by atoms with Gasteiger partial charge in [0, 0.05) is 16.0 Å². The predicted molar refractivity (Wildman–Crippen MR) is 98.5 cm³/mol. The van der Waals surface area contributed by atoms with Crippen LogP contribution in [0, 0.1) is 0 Å². The highest BCUT2D eigenvalue weighted by Crippen LogP contribution is 2.25. The lowest BCUT2D eigenvalue weighted by molar-refractivity contribution is 0.873. The van der Waals surface area contributed by atoms with Gasteiger partial charge in [0.05, 0.1) is 10.7 Å². The molecule has 2 aromatic carbocycles. The van der Waals surface area contributed by atoms with Gasteiger partial charge in [-0.3, -0.25) is 0 Å². The third-order valence-electron chi connectivity index (χ3n) is 2.79. The number of anilines is 1. The van der Waals surface area contributed by atoms with Crippen LogP contribution in [0.25, 0.3) is 0 Å². The molecule has 2 rings (SSSR count). The highest BCUT2D eigenvalue weighted by atomic mass is 79.9. The van der Waals surface area contributed by atoms with E-state index in [1.54, 1.807) is 0 Å². The lowest BCUT2D eigenvalue weighted by Gasteiger charge is -2.12. The van der Waals surface area contributed by atoms with Gasteiger partial charge in [-0.05, 0) is 54.5 Å². The first-order valence-electron chi connectivity index (χ1n) is 6.29. The first kappa shape index (κ1) is 16.6. The molecule has 0 radical (unpaired) electrons. The Kier molecular flexibility index (Phi) is 6.30. The summed E-state index contributed by atoms with van der Waals surface area (Å²) in [6.45, 7) is 0.738. The van der Waals surface area contributed by atoms with Crippen molar-refractivity contribution in [3.8, 4) is 0 Å². The Morgan fingerprint density at radius 2 is 1.81 bits per heavy atom. The van der Waals surface area contributed by atoms with Crippen LogP contribution in [0.5, 0.6) is 0 Å². The Bertz CT molecular complexity index is 632. The molecule has 110 valence electrons. The molecule has 2 nitrogen and oxygen atoms in total. The highest BCUT2D eigenvalue weighted by molar-refractivity contribution is 9.10. The molecule has 21 heavy (non-hydrogen) atoms. The van der Waals surface area contributed by atoms with E-state index in [1.165, 1.54) is 5.56 Å². The van der Waals surface area contributed by atoms with Gasteiger partial charge >= 0.3 is 0 Å². The number of thiocarbonyl (C=S) groups is 1. The van der Waals surface area contributed by atoms with Gasteiger partial charge in [0.25, 0.3) is 0 Å². The molecule has 0 fully saturated rings. The van der Waals surface area contributed by atoms with Gasteiger partial charge in [-0.25, -0.2) is 0 Å². The molecule has 0 unspecified atom stereocenters. The van der Waals surface area contributed by atoms with Crippen molar-refractivity contribution in [2.24, 2.45) is 0 Å². The number of nitrogens with one attached hydrogen (secondary N) is 2. The second-order valence-electron chi connectivity index (χ2n) is 4.38. The summed E-state index contributed by atoms with van der Waals surface area (Å²) in [5.74, 6) is 0. The van der Waals surface area contributed by atoms with Crippen molar-refractivity contribution in [1.29, 1.82) is 0 Å². The lowest BCUT2D eigenvalue weighted by Crippen LogP contribution is -2.30. The van der Waals surface area contributed by atoms with Crippen LogP contribution in [-0.2, 0) is 6.42 Å². The van der Waals surface area contributed by atoms with Crippen molar-refractivity contribution in [1.82, 2.24) is 5.32 Å². The molecule has 0 aliphatic rings. The zero-order chi connectivity index (χ0) is 15.2. The van der Waals surface area contributed by atoms with E-state index in [1.807, 2.05) is 42.5 Å². The Balaban J connectivity index is 1.81. The van der Waals surface area contributed by atoms with E-state index < -0.39 is 0 Å². The molecule has 0 amide bonds. The van der Waals surface area contributed by atoms with Gasteiger partial charge in [-0.2, -0.15) is 0 Å². The number of halogens is 3. The summed E-state index contributed by atoms with van der Waals surface area (Å²) in [5.41, 5.74) is 1.99. The second-order valence-corrected chi connectivity index (χ2v) is 6.55. The van der Waals surface area contributed by atoms with E-state index in [0.717, 1.165) is 28.1 Å². The summed E-state index contributed by atoms with van der Waals surface area (Å²) in [4.78, 5) is 0. The standard InChI is InChI=1S/C15H13BrCl2N2S/c16-11-3-6-14(13(18)9-11)20-15(21)19-8-7-10-1-4-12(17)5-2-10/h1-6,9H,7-8H2,(H2,19,20,21). The summed E-state index contributed by atoms with van der Waals surface area (Å²) in [5, 5.41) is 8.14. The highest BCUT2D eigenvalue weighted by Gasteiger charge is 2.03. The van der Waals surface area contributed by atoms with Crippen molar-refractivity contribution in [3.63, 3.8) is 0 Å². The number of hydrogen-bond acceptors (Lipinski definition) is 1. The van der Waals surface area contributed by atoms with E-state index in [4.69, 9.17) is 35.4 Å². The van der Waals surface area contributed by atoms with Gasteiger partial charge in [0.1, 0.15) is 0 Å². The molecule has 0 aromatic heterocycles. The zero-order valence-electron chi connectivity index (χ0n) is 11.0. The molecule has 2 N–H and O–H groups in total. The molecule has 0 saturated carbocycles. The summed E-state index contributed by atoms with van der Waals surface area (Å²) in [6.07, 6.45) is 0.868. The van der Waals surface area contributed by atoms with Crippen LogP contribution < -0.4 is 10.6 Å². The third-order valence-corrected chi connectivity index (χ3v) is 4.10. The average Bonchev–Trinajstić information content (AvgIpc) is 2.44. The van der Waals surface area contributed by atoms with Gasteiger partial charge in [-0.1, -0.05) is 51.3 Å². The van der Waals surface area contributed by atoms with E-state index in [2.05, 4.69) is 26.6 Å². The summed E-state index contributed by atoms with van der Waals surface area (Å²) in [7, 11) is 0. The maximum Gasteiger partial charge on any atom is 0.170 e. The van der Waals surface area contributed by atoms with Crippen LogP contribution >= 0.6 is 51.3 Å². The molecule has 6 heteroatoms. The monoisotopic (exact) mass is 402 g/mol. The van der Waals surface area contributed by atoms with E-state index in [9.17, 15) is 0 Å². The molecule has 0 spiro atoms. The fraction of sp³-hybridized carbons (Fsp3) is 0.133. The first-order valence-corrected chi connectivity index (χ1v) is 8.24. The maximum absolute atomic E-state index is 6.13. The number of benzene rings is 2. The van der Waals surface area contributed by atoms with Gasteiger partial charge < -0.3 is 10.6 Å². The van der Waals surface area contributed by atoms with Crippen LogP contribution in [-0.4, -0.2) is 11.7 Å². The molecular weight excluding hydrogens is 391 g/mol. The summed E-state index contributed by atoms with van der Waals surface area (Å²) >= 11 is 20.6. The van der Waals surface area contributed by atoms with Crippen LogP contribution in [0.3, 0.4) is 0 Å². The fourth-order valence-electron chi connectivity index (χ4n) is 1.73. The molecule has 0 aliphatic heterocycles. The summed E-state index contributed by atoms with van der Waals surface area (Å²) < 4.78 is 0.930. The number of hydrogen-bond donors (Lipinski definition) is 2. The predicted octanol–water partition coefficient (Wildman–Crippen LogP) is 5.29. The van der Waals surface area contributed by atoms with Gasteiger partial charge in [0.2, 0.25) is 0 Å². The molecule has 0 saturated heterocycles. The van der Waals surface area contributed by atoms with Crippen LogP contribution in [0.15, 0.2) is 46.9 Å². The smallest absolute Gasteiger partial charge is 0.170 e. The second kappa shape index (κ2) is 7.99. The Morgan fingerprint density at radius 3 is 2.48 bits per heavy atom. The SMILES string of the molecule is S=C(NCCc1ccc(Cl)cc1)Nc1ccc(Br)cc1Cl. The Morgan fingerprint density at radius 1 is 1.10 bits per heavy atom. The molecular formula is C15H13BrCl2N2S. The van der Waals surface area contributed by atoms with Crippen molar-refractivity contribution >= 4 is 62.1 Å². The van der Waals surface area contributed by atoms with Crippen LogP contribution in [0.1, 0.15) is 5.56 Å². The quantitative estimate of drug-likeness (QED) is 0.678. The van der Waals surface area contributed by atoms with Crippen molar-refractivity contribution in [3.05, 3.63) is 62.5 Å². The minimum atomic E-state index is 0.549. The molecule has 0 atom stereocenters. The van der Waals surface area contributed by atoms with E-state index in [0.29, 0.717) is 10.1 Å². The van der Waals surface area contributed by atoms with E-state index >= 15 is 0 Å². The Labute approximate surface area is 148 Å². The minimum absolute atomic E-state index is 0.549. The zero-order valence-corrected chi connectivity index (χ0v) is 14.9. The normalized spacial score (nSPS) is 10.2. The lowest BCUT2D eigenvalue weighted by atomic mass is 10.1. The topological polar surface area (TPSA) is 24.1 Å². The average molecular weight is 404 g/mol. The minimum Gasteiger partial charge on any atom is -0.362 e.